The summed E-state index contributed by atoms with van der Waals surface area (Å²) in [5.74, 6) is -1.08. The highest BCUT2D eigenvalue weighted by Gasteiger charge is 2.49. The number of carboxylic acids is 1. The third-order valence-corrected chi connectivity index (χ3v) is 7.51. The number of morpholine rings is 1. The van der Waals surface area contributed by atoms with Gasteiger partial charge in [0.25, 0.3) is 5.91 Å². The monoisotopic (exact) mass is 517 g/mol. The maximum absolute atomic E-state index is 14.0. The number of aromatic nitrogens is 2. The molecule has 0 bridgehead atoms. The van der Waals surface area contributed by atoms with Gasteiger partial charge in [0, 0.05) is 23.7 Å². The summed E-state index contributed by atoms with van der Waals surface area (Å²) in [6.07, 6.45) is 1.43. The van der Waals surface area contributed by atoms with Crippen molar-refractivity contribution in [3.8, 4) is 5.69 Å². The van der Waals surface area contributed by atoms with Crippen LogP contribution in [0.25, 0.3) is 16.7 Å². The van der Waals surface area contributed by atoms with Crippen LogP contribution in [0.2, 0.25) is 5.02 Å². The molecule has 3 aromatic carbocycles. The van der Waals surface area contributed by atoms with Gasteiger partial charge in [0.1, 0.15) is 0 Å². The second-order valence-electron chi connectivity index (χ2n) is 9.46. The molecule has 6 rings (SSSR count). The van der Waals surface area contributed by atoms with Crippen LogP contribution in [-0.4, -0.2) is 57.3 Å². The van der Waals surface area contributed by atoms with Gasteiger partial charge in [-0.1, -0.05) is 23.7 Å². The van der Waals surface area contributed by atoms with Crippen LogP contribution in [0.3, 0.4) is 0 Å². The van der Waals surface area contributed by atoms with E-state index in [2.05, 4.69) is 0 Å². The van der Waals surface area contributed by atoms with E-state index in [9.17, 15) is 19.5 Å². The maximum atomic E-state index is 14.0. The molecule has 8 nitrogen and oxygen atoms in total. The lowest BCUT2D eigenvalue weighted by Crippen LogP contribution is -2.40. The van der Waals surface area contributed by atoms with Gasteiger partial charge in [-0.3, -0.25) is 13.9 Å². The van der Waals surface area contributed by atoms with E-state index in [1.807, 2.05) is 12.1 Å². The number of aromatic carboxylic acids is 1. The minimum Gasteiger partial charge on any atom is -0.478 e. The maximum Gasteiger partial charge on any atom is 0.335 e. The molecule has 1 saturated carbocycles. The summed E-state index contributed by atoms with van der Waals surface area (Å²) in [5.41, 5.74) is 2.61. The van der Waals surface area contributed by atoms with Crippen LogP contribution in [0, 0.1) is 0 Å². The van der Waals surface area contributed by atoms with Crippen molar-refractivity contribution in [3.63, 3.8) is 0 Å². The Hall–Kier alpha value is -3.88. The van der Waals surface area contributed by atoms with Crippen LogP contribution in [-0.2, 0) is 10.3 Å². The number of hydrogen-bond acceptors (Lipinski definition) is 4. The summed E-state index contributed by atoms with van der Waals surface area (Å²) in [6.45, 7) is 2.15. The van der Waals surface area contributed by atoms with Gasteiger partial charge in [0.2, 0.25) is 0 Å². The highest BCUT2D eigenvalue weighted by Crippen LogP contribution is 2.50. The van der Waals surface area contributed by atoms with Gasteiger partial charge in [-0.25, -0.2) is 9.59 Å². The van der Waals surface area contributed by atoms with Gasteiger partial charge >= 0.3 is 11.7 Å². The lowest BCUT2D eigenvalue weighted by atomic mass is 10.0. The van der Waals surface area contributed by atoms with Crippen LogP contribution in [0.5, 0.6) is 0 Å². The molecule has 1 aromatic heterocycles. The lowest BCUT2D eigenvalue weighted by Gasteiger charge is -2.26. The largest absolute Gasteiger partial charge is 0.478 e. The first kappa shape index (κ1) is 23.5. The van der Waals surface area contributed by atoms with Crippen LogP contribution < -0.4 is 5.69 Å². The zero-order chi connectivity index (χ0) is 25.7. The fourth-order valence-electron chi connectivity index (χ4n) is 5.24. The first-order valence-electron chi connectivity index (χ1n) is 12.1. The Morgan fingerprint density at radius 1 is 0.892 bits per heavy atom. The Morgan fingerprint density at radius 2 is 1.62 bits per heavy atom. The summed E-state index contributed by atoms with van der Waals surface area (Å²) in [4.78, 5) is 40.3. The number of ether oxygens (including phenoxy) is 1. The van der Waals surface area contributed by atoms with E-state index >= 15 is 0 Å². The third kappa shape index (κ3) is 3.93. The highest BCUT2D eigenvalue weighted by atomic mass is 35.5. The molecule has 37 heavy (non-hydrogen) atoms. The molecule has 1 saturated heterocycles. The molecule has 2 aliphatic rings. The number of hydrogen-bond donors (Lipinski definition) is 1. The SMILES string of the molecule is O=C(O)c1cccc(C2(n3c(=O)n(-c4ccc(C(=O)N5CCOCC5)cc4)c4cc(Cl)ccc43)CC2)c1. The molecule has 1 aliphatic heterocycles. The quantitative estimate of drug-likeness (QED) is 0.429. The average Bonchev–Trinajstić information content (AvgIpc) is 3.67. The molecule has 188 valence electrons. The number of halogens is 1. The molecule has 1 aliphatic carbocycles. The topological polar surface area (TPSA) is 93.8 Å². The summed E-state index contributed by atoms with van der Waals surface area (Å²) < 4.78 is 8.70. The predicted molar refractivity (Wildman–Crippen MR) is 139 cm³/mol. The van der Waals surface area contributed by atoms with Crippen molar-refractivity contribution >= 4 is 34.5 Å². The minimum atomic E-state index is -1.01. The van der Waals surface area contributed by atoms with Gasteiger partial charge < -0.3 is 14.7 Å². The Bertz CT molecular complexity index is 1590. The average molecular weight is 518 g/mol. The number of rotatable bonds is 5. The predicted octanol–water partition coefficient (Wildman–Crippen LogP) is 4.15. The number of benzene rings is 3. The first-order chi connectivity index (χ1) is 17.9. The van der Waals surface area contributed by atoms with E-state index in [0.29, 0.717) is 66.5 Å². The van der Waals surface area contributed by atoms with Crippen LogP contribution in [0.4, 0.5) is 0 Å². The fourth-order valence-corrected chi connectivity index (χ4v) is 5.40. The lowest BCUT2D eigenvalue weighted by molar-refractivity contribution is 0.0303. The van der Waals surface area contributed by atoms with E-state index < -0.39 is 11.5 Å². The molecule has 2 heterocycles. The van der Waals surface area contributed by atoms with Crippen LogP contribution in [0.15, 0.2) is 71.5 Å². The molecule has 9 heteroatoms. The van der Waals surface area contributed by atoms with Crippen molar-refractivity contribution in [2.75, 3.05) is 26.3 Å². The summed E-state index contributed by atoms with van der Waals surface area (Å²) in [5, 5.41) is 10.00. The number of amides is 1. The van der Waals surface area contributed by atoms with Crippen molar-refractivity contribution < 1.29 is 19.4 Å². The van der Waals surface area contributed by atoms with Crippen LogP contribution in [0.1, 0.15) is 39.1 Å². The molecule has 0 unspecified atom stereocenters. The molecule has 1 amide bonds. The first-order valence-corrected chi connectivity index (χ1v) is 12.5. The molecule has 2 fully saturated rings. The fraction of sp³-hybridized carbons (Fsp3) is 0.250. The van der Waals surface area contributed by atoms with E-state index in [1.54, 1.807) is 68.6 Å². The zero-order valence-electron chi connectivity index (χ0n) is 19.9. The van der Waals surface area contributed by atoms with E-state index in [1.165, 1.54) is 0 Å². The number of carbonyl (C=O) groups is 2. The van der Waals surface area contributed by atoms with Gasteiger partial charge in [-0.2, -0.15) is 0 Å². The smallest absolute Gasteiger partial charge is 0.335 e. The number of carboxylic acid groups (broad SMARTS) is 1. The minimum absolute atomic E-state index is 0.0667. The van der Waals surface area contributed by atoms with Gasteiger partial charge in [-0.15, -0.1) is 0 Å². The second-order valence-corrected chi connectivity index (χ2v) is 9.89. The number of fused-ring (bicyclic) bond motifs is 1. The van der Waals surface area contributed by atoms with Crippen molar-refractivity contribution in [3.05, 3.63) is 98.9 Å². The second kappa shape index (κ2) is 8.90. The van der Waals surface area contributed by atoms with Crippen molar-refractivity contribution in [2.45, 2.75) is 18.4 Å². The van der Waals surface area contributed by atoms with E-state index in [-0.39, 0.29) is 17.2 Å². The molecule has 0 atom stereocenters. The number of nitrogens with zero attached hydrogens (tertiary/aromatic N) is 3. The Kier molecular flexibility index (Phi) is 5.66. The van der Waals surface area contributed by atoms with Crippen molar-refractivity contribution in [1.82, 2.24) is 14.0 Å². The third-order valence-electron chi connectivity index (χ3n) is 7.27. The molecular formula is C28H24ClN3O5. The number of imidazole rings is 1. The molecule has 1 N–H and O–H groups in total. The highest BCUT2D eigenvalue weighted by molar-refractivity contribution is 6.31. The van der Waals surface area contributed by atoms with Gasteiger partial charge in [0.15, 0.2) is 0 Å². The Labute approximate surface area is 217 Å². The zero-order valence-corrected chi connectivity index (χ0v) is 20.6. The molecular weight excluding hydrogens is 494 g/mol. The molecule has 0 spiro atoms. The summed E-state index contributed by atoms with van der Waals surface area (Å²) in [7, 11) is 0. The van der Waals surface area contributed by atoms with Gasteiger partial charge in [-0.05, 0) is 73.0 Å². The van der Waals surface area contributed by atoms with Crippen molar-refractivity contribution in [2.24, 2.45) is 0 Å². The summed E-state index contributed by atoms with van der Waals surface area (Å²) >= 11 is 6.34. The number of carbonyl (C=O) groups excluding carboxylic acids is 1. The van der Waals surface area contributed by atoms with Crippen LogP contribution >= 0.6 is 11.6 Å². The summed E-state index contributed by atoms with van der Waals surface area (Å²) in [6, 6.07) is 19.1. The Balaban J connectivity index is 1.46. The Morgan fingerprint density at radius 3 is 2.30 bits per heavy atom. The van der Waals surface area contributed by atoms with E-state index in [4.69, 9.17) is 16.3 Å². The normalized spacial score (nSPS) is 16.6. The molecule has 0 radical (unpaired) electrons. The standard InChI is InChI=1S/C28H24ClN3O5/c29-21-6-9-23-24(17-21)31(22-7-4-18(5-8-22)25(33)30-12-14-37-15-13-30)27(36)32(23)28(10-11-28)20-3-1-2-19(16-20)26(34)35/h1-9,16-17H,10-15H2,(H,34,35). The molecule has 4 aromatic rings. The van der Waals surface area contributed by atoms with E-state index in [0.717, 1.165) is 5.56 Å². The van der Waals surface area contributed by atoms with Gasteiger partial charge in [0.05, 0.1) is 41.0 Å². The van der Waals surface area contributed by atoms with Crippen molar-refractivity contribution in [1.29, 1.82) is 0 Å².